The Morgan fingerprint density at radius 2 is 1.67 bits per heavy atom. The first-order valence-corrected chi connectivity index (χ1v) is 10.0. The van der Waals surface area contributed by atoms with Crippen molar-refractivity contribution in [2.45, 2.75) is 6.92 Å². The highest BCUT2D eigenvalue weighted by molar-refractivity contribution is 6.14. The van der Waals surface area contributed by atoms with Gasteiger partial charge in [0.1, 0.15) is 0 Å². The molecule has 2 heteroatoms. The largest absolute Gasteiger partial charge is 0.286 e. The lowest BCUT2D eigenvalue weighted by atomic mass is 9.89. The van der Waals surface area contributed by atoms with Gasteiger partial charge in [-0.3, -0.25) is 4.99 Å². The molecule has 0 spiro atoms. The Bertz CT molecular complexity index is 1340. The molecule has 3 aromatic carbocycles. The molecule has 0 bridgehead atoms. The standard InChI is InChI=1S/C28H24N2/c1-5-11-26(29-4)27-15-10-14-25(30-27)24-18-20-17-16-19-12-8-9-13-23(19)28(20)22(7-3)21(24)6-2/h5-18H,2-3H2,1,4H3/b11-5-,29-26+. The molecule has 0 saturated heterocycles. The van der Waals surface area contributed by atoms with Crippen LogP contribution in [0.3, 0.4) is 0 Å². The van der Waals surface area contributed by atoms with E-state index in [1.807, 2.05) is 49.4 Å². The van der Waals surface area contributed by atoms with Gasteiger partial charge in [-0.2, -0.15) is 0 Å². The molecule has 4 aromatic rings. The van der Waals surface area contributed by atoms with Crippen molar-refractivity contribution in [3.05, 3.63) is 103 Å². The second-order valence-electron chi connectivity index (χ2n) is 7.06. The van der Waals surface area contributed by atoms with Gasteiger partial charge in [-0.15, -0.1) is 0 Å². The summed E-state index contributed by atoms with van der Waals surface area (Å²) in [6.07, 6.45) is 7.78. The van der Waals surface area contributed by atoms with Crippen LogP contribution in [0.25, 0.3) is 45.0 Å². The molecule has 0 atom stereocenters. The van der Waals surface area contributed by atoms with Crippen LogP contribution in [0.5, 0.6) is 0 Å². The van der Waals surface area contributed by atoms with Crippen molar-refractivity contribution in [2.24, 2.45) is 4.99 Å². The van der Waals surface area contributed by atoms with Crippen molar-refractivity contribution >= 4 is 39.4 Å². The van der Waals surface area contributed by atoms with Crippen molar-refractivity contribution in [3.63, 3.8) is 0 Å². The van der Waals surface area contributed by atoms with Gasteiger partial charge in [-0.1, -0.05) is 73.9 Å². The number of fused-ring (bicyclic) bond motifs is 3. The maximum Gasteiger partial charge on any atom is 0.0888 e. The first kappa shape index (κ1) is 19.5. The normalized spacial score (nSPS) is 12.0. The maximum atomic E-state index is 4.92. The molecule has 30 heavy (non-hydrogen) atoms. The molecule has 0 aliphatic rings. The van der Waals surface area contributed by atoms with Gasteiger partial charge in [0.25, 0.3) is 0 Å². The lowest BCUT2D eigenvalue weighted by Gasteiger charge is -2.16. The number of nitrogens with zero attached hydrogens (tertiary/aromatic N) is 2. The predicted octanol–water partition coefficient (Wildman–Crippen LogP) is 7.34. The maximum absolute atomic E-state index is 4.92. The van der Waals surface area contributed by atoms with Crippen molar-refractivity contribution in [1.29, 1.82) is 0 Å². The van der Waals surface area contributed by atoms with Crippen LogP contribution in [-0.2, 0) is 0 Å². The van der Waals surface area contributed by atoms with E-state index in [0.717, 1.165) is 39.2 Å². The predicted molar refractivity (Wildman–Crippen MR) is 132 cm³/mol. The van der Waals surface area contributed by atoms with Crippen molar-refractivity contribution in [3.8, 4) is 11.3 Å². The van der Waals surface area contributed by atoms with Gasteiger partial charge in [0.05, 0.1) is 17.1 Å². The summed E-state index contributed by atoms with van der Waals surface area (Å²) in [5.41, 5.74) is 5.77. The zero-order valence-electron chi connectivity index (χ0n) is 17.4. The van der Waals surface area contributed by atoms with E-state index in [-0.39, 0.29) is 0 Å². The van der Waals surface area contributed by atoms with E-state index >= 15 is 0 Å². The summed E-state index contributed by atoms with van der Waals surface area (Å²) < 4.78 is 0. The molecule has 0 aliphatic carbocycles. The van der Waals surface area contributed by atoms with Gasteiger partial charge in [0.15, 0.2) is 0 Å². The SMILES string of the molecule is C=Cc1c(-c2cccc(C(/C=C\C)=N/C)n2)cc2ccc3ccccc3c2c1C=C. The minimum absolute atomic E-state index is 0.849. The molecule has 0 radical (unpaired) electrons. The van der Waals surface area contributed by atoms with Crippen LogP contribution in [0, 0.1) is 0 Å². The number of aliphatic imine (C=N–C) groups is 1. The number of aromatic nitrogens is 1. The molecule has 0 amide bonds. The van der Waals surface area contributed by atoms with Crippen LogP contribution >= 0.6 is 0 Å². The van der Waals surface area contributed by atoms with E-state index in [4.69, 9.17) is 4.98 Å². The van der Waals surface area contributed by atoms with Crippen LogP contribution in [0.15, 0.2) is 91.0 Å². The Hall–Kier alpha value is -3.78. The van der Waals surface area contributed by atoms with E-state index in [1.54, 1.807) is 7.05 Å². The van der Waals surface area contributed by atoms with Gasteiger partial charge >= 0.3 is 0 Å². The highest BCUT2D eigenvalue weighted by Crippen LogP contribution is 2.37. The summed E-state index contributed by atoms with van der Waals surface area (Å²) in [5, 5.41) is 4.79. The Labute approximate surface area is 177 Å². The number of pyridine rings is 1. The second-order valence-corrected chi connectivity index (χ2v) is 7.06. The minimum atomic E-state index is 0.849. The third-order valence-corrected chi connectivity index (χ3v) is 5.37. The van der Waals surface area contributed by atoms with Gasteiger partial charge in [-0.05, 0) is 63.9 Å². The highest BCUT2D eigenvalue weighted by atomic mass is 14.8. The van der Waals surface area contributed by atoms with Crippen molar-refractivity contribution in [1.82, 2.24) is 4.98 Å². The summed E-state index contributed by atoms with van der Waals surface area (Å²) in [6, 6.07) is 21.0. The lowest BCUT2D eigenvalue weighted by Crippen LogP contribution is -2.02. The number of allylic oxidation sites excluding steroid dienone is 2. The van der Waals surface area contributed by atoms with Crippen LogP contribution in [0.1, 0.15) is 23.7 Å². The van der Waals surface area contributed by atoms with E-state index in [1.165, 1.54) is 16.2 Å². The molecule has 2 nitrogen and oxygen atoms in total. The molecule has 146 valence electrons. The molecule has 0 fully saturated rings. The second kappa shape index (κ2) is 8.30. The Morgan fingerprint density at radius 1 is 0.900 bits per heavy atom. The summed E-state index contributed by atoms with van der Waals surface area (Å²) in [6.45, 7) is 10.2. The number of benzene rings is 3. The van der Waals surface area contributed by atoms with E-state index in [2.05, 4.69) is 60.6 Å². The van der Waals surface area contributed by atoms with Crippen molar-refractivity contribution < 1.29 is 0 Å². The molecule has 1 heterocycles. The summed E-state index contributed by atoms with van der Waals surface area (Å²) in [4.78, 5) is 9.30. The molecule has 0 aliphatic heterocycles. The van der Waals surface area contributed by atoms with Gasteiger partial charge in [0.2, 0.25) is 0 Å². The monoisotopic (exact) mass is 388 g/mol. The van der Waals surface area contributed by atoms with Crippen molar-refractivity contribution in [2.75, 3.05) is 7.05 Å². The van der Waals surface area contributed by atoms with Gasteiger partial charge in [-0.25, -0.2) is 4.98 Å². The third-order valence-electron chi connectivity index (χ3n) is 5.37. The molecular formula is C28H24N2. The highest BCUT2D eigenvalue weighted by Gasteiger charge is 2.15. The van der Waals surface area contributed by atoms with Crippen LogP contribution in [0.2, 0.25) is 0 Å². The minimum Gasteiger partial charge on any atom is -0.286 e. The van der Waals surface area contributed by atoms with E-state index < -0.39 is 0 Å². The Balaban J connectivity index is 2.05. The average Bonchev–Trinajstić information content (AvgIpc) is 2.81. The van der Waals surface area contributed by atoms with E-state index in [0.29, 0.717) is 0 Å². The Morgan fingerprint density at radius 3 is 2.40 bits per heavy atom. The van der Waals surface area contributed by atoms with E-state index in [9.17, 15) is 0 Å². The summed E-state index contributed by atoms with van der Waals surface area (Å²) in [5.74, 6) is 0. The first-order chi connectivity index (χ1) is 14.7. The number of rotatable bonds is 5. The molecule has 0 unspecified atom stereocenters. The zero-order chi connectivity index (χ0) is 21.1. The van der Waals surface area contributed by atoms with Crippen LogP contribution in [-0.4, -0.2) is 17.7 Å². The molecule has 4 rings (SSSR count). The van der Waals surface area contributed by atoms with Gasteiger partial charge < -0.3 is 0 Å². The summed E-state index contributed by atoms with van der Waals surface area (Å²) in [7, 11) is 1.79. The smallest absolute Gasteiger partial charge is 0.0888 e. The molecule has 0 N–H and O–H groups in total. The fourth-order valence-electron chi connectivity index (χ4n) is 4.03. The van der Waals surface area contributed by atoms with Crippen LogP contribution < -0.4 is 0 Å². The average molecular weight is 389 g/mol. The fourth-order valence-corrected chi connectivity index (χ4v) is 4.03. The number of hydrogen-bond acceptors (Lipinski definition) is 2. The zero-order valence-corrected chi connectivity index (χ0v) is 17.4. The number of hydrogen-bond donors (Lipinski definition) is 0. The quantitative estimate of drug-likeness (QED) is 0.259. The molecular weight excluding hydrogens is 364 g/mol. The molecule has 0 saturated carbocycles. The lowest BCUT2D eigenvalue weighted by molar-refractivity contribution is 1.28. The van der Waals surface area contributed by atoms with Gasteiger partial charge in [0, 0.05) is 12.6 Å². The third kappa shape index (κ3) is 3.27. The Kier molecular flexibility index (Phi) is 5.40. The fraction of sp³-hybridized carbons (Fsp3) is 0.0714. The molecule has 1 aromatic heterocycles. The van der Waals surface area contributed by atoms with Crippen LogP contribution in [0.4, 0.5) is 0 Å². The summed E-state index contributed by atoms with van der Waals surface area (Å²) >= 11 is 0. The first-order valence-electron chi connectivity index (χ1n) is 10.0. The topological polar surface area (TPSA) is 25.2 Å².